The minimum atomic E-state index is -0.0248. The van der Waals surface area contributed by atoms with Crippen LogP contribution in [0, 0.1) is 0 Å². The first kappa shape index (κ1) is 26.1. The molecule has 0 aliphatic heterocycles. The molecule has 0 aliphatic carbocycles. The lowest BCUT2D eigenvalue weighted by Crippen LogP contribution is -2.35. The van der Waals surface area contributed by atoms with E-state index < -0.39 is 0 Å². The fourth-order valence-corrected chi connectivity index (χ4v) is 4.64. The third-order valence-electron chi connectivity index (χ3n) is 6.46. The van der Waals surface area contributed by atoms with Crippen molar-refractivity contribution in [3.63, 3.8) is 0 Å². The molecule has 0 unspecified atom stereocenters. The normalized spacial score (nSPS) is 11.0. The third-order valence-corrected chi connectivity index (χ3v) is 6.46. The van der Waals surface area contributed by atoms with Gasteiger partial charge in [0, 0.05) is 26.1 Å². The molecular formula is C31H36N4O2. The Morgan fingerprint density at radius 3 is 2.19 bits per heavy atom. The van der Waals surface area contributed by atoms with E-state index in [-0.39, 0.29) is 18.4 Å². The van der Waals surface area contributed by atoms with Crippen molar-refractivity contribution >= 4 is 22.8 Å². The van der Waals surface area contributed by atoms with Gasteiger partial charge in [-0.25, -0.2) is 4.98 Å². The summed E-state index contributed by atoms with van der Waals surface area (Å²) in [6, 6.07) is 26.2. The highest BCUT2D eigenvalue weighted by Gasteiger charge is 2.17. The molecule has 1 N–H and O–H groups in total. The van der Waals surface area contributed by atoms with Gasteiger partial charge in [-0.1, -0.05) is 80.6 Å². The molecular weight excluding hydrogens is 460 g/mol. The molecule has 0 bridgehead atoms. The fourth-order valence-electron chi connectivity index (χ4n) is 4.64. The minimum Gasteiger partial charge on any atom is -0.355 e. The van der Waals surface area contributed by atoms with E-state index >= 15 is 0 Å². The largest absolute Gasteiger partial charge is 0.355 e. The van der Waals surface area contributed by atoms with Crippen LogP contribution in [0.4, 0.5) is 0 Å². The molecule has 0 saturated carbocycles. The summed E-state index contributed by atoms with van der Waals surface area (Å²) >= 11 is 0. The number of aromatic nitrogens is 2. The van der Waals surface area contributed by atoms with Gasteiger partial charge >= 0.3 is 0 Å². The maximum atomic E-state index is 13.1. The number of carbonyl (C=O) groups excluding carboxylic acids is 2. The van der Waals surface area contributed by atoms with Gasteiger partial charge in [-0.2, -0.15) is 0 Å². The Morgan fingerprint density at radius 2 is 1.49 bits per heavy atom. The van der Waals surface area contributed by atoms with Crippen molar-refractivity contribution in [1.82, 2.24) is 19.8 Å². The first-order valence-electron chi connectivity index (χ1n) is 13.2. The van der Waals surface area contributed by atoms with Crippen molar-refractivity contribution in [2.45, 2.75) is 46.1 Å². The van der Waals surface area contributed by atoms with Crippen LogP contribution in [0.5, 0.6) is 0 Å². The van der Waals surface area contributed by atoms with Crippen LogP contribution >= 0.6 is 0 Å². The summed E-state index contributed by atoms with van der Waals surface area (Å²) in [6.07, 6.45) is 2.75. The number of benzene rings is 3. The monoisotopic (exact) mass is 496 g/mol. The highest BCUT2D eigenvalue weighted by atomic mass is 16.2. The van der Waals surface area contributed by atoms with Crippen LogP contribution in [0.25, 0.3) is 22.2 Å². The van der Waals surface area contributed by atoms with E-state index in [9.17, 15) is 9.59 Å². The Morgan fingerprint density at radius 1 is 0.838 bits per heavy atom. The Bertz CT molecular complexity index is 1310. The number of hydrogen-bond donors (Lipinski definition) is 1. The minimum absolute atomic E-state index is 0.0248. The highest BCUT2D eigenvalue weighted by Crippen LogP contribution is 2.20. The van der Waals surface area contributed by atoms with Crippen LogP contribution < -0.4 is 5.32 Å². The molecule has 0 saturated heterocycles. The molecule has 1 aromatic heterocycles. The van der Waals surface area contributed by atoms with Crippen molar-refractivity contribution < 1.29 is 9.59 Å². The third kappa shape index (κ3) is 6.85. The standard InChI is InChI=1S/C31H36N4O2/c1-3-20-34(21-4-2)31(37)23-35-28-13-9-8-12-27(28)33-29(35)18-19-32-30(36)22-24-14-16-26(17-15-24)25-10-6-5-7-11-25/h5-17H,3-4,18-23H2,1-2H3,(H,32,36). The number of fused-ring (bicyclic) bond motifs is 1. The molecule has 0 atom stereocenters. The summed E-state index contributed by atoms with van der Waals surface area (Å²) < 4.78 is 2.00. The maximum Gasteiger partial charge on any atom is 0.242 e. The Kier molecular flexibility index (Phi) is 9.08. The van der Waals surface area contributed by atoms with E-state index in [2.05, 4.69) is 43.4 Å². The molecule has 0 spiro atoms. The van der Waals surface area contributed by atoms with Crippen LogP contribution in [0.2, 0.25) is 0 Å². The SMILES string of the molecule is CCCN(CCC)C(=O)Cn1c(CCNC(=O)Cc2ccc(-c3ccccc3)cc2)nc2ccccc21. The van der Waals surface area contributed by atoms with E-state index in [1.807, 2.05) is 64.1 Å². The van der Waals surface area contributed by atoms with E-state index in [0.717, 1.165) is 59.5 Å². The van der Waals surface area contributed by atoms with Gasteiger partial charge in [0.1, 0.15) is 12.4 Å². The van der Waals surface area contributed by atoms with Gasteiger partial charge in [0.2, 0.25) is 11.8 Å². The molecule has 0 radical (unpaired) electrons. The summed E-state index contributed by atoms with van der Waals surface area (Å²) in [4.78, 5) is 32.4. The summed E-state index contributed by atoms with van der Waals surface area (Å²) in [6.45, 7) is 6.43. The molecule has 0 aliphatic rings. The molecule has 37 heavy (non-hydrogen) atoms. The van der Waals surface area contributed by atoms with E-state index in [0.29, 0.717) is 19.4 Å². The lowest BCUT2D eigenvalue weighted by molar-refractivity contribution is -0.132. The molecule has 0 fully saturated rings. The van der Waals surface area contributed by atoms with Crippen molar-refractivity contribution in [3.8, 4) is 11.1 Å². The lowest BCUT2D eigenvalue weighted by atomic mass is 10.0. The number of carbonyl (C=O) groups is 2. The predicted molar refractivity (Wildman–Crippen MR) is 149 cm³/mol. The number of hydrogen-bond acceptors (Lipinski definition) is 3. The molecule has 3 aromatic carbocycles. The molecule has 6 nitrogen and oxygen atoms in total. The zero-order valence-electron chi connectivity index (χ0n) is 21.8. The summed E-state index contributed by atoms with van der Waals surface area (Å²) in [5.74, 6) is 0.898. The second kappa shape index (κ2) is 12.9. The number of rotatable bonds is 12. The van der Waals surface area contributed by atoms with Crippen molar-refractivity contribution in [3.05, 3.63) is 90.3 Å². The number of nitrogens with zero attached hydrogens (tertiary/aromatic N) is 3. The molecule has 2 amide bonds. The van der Waals surface area contributed by atoms with Gasteiger partial charge in [0.25, 0.3) is 0 Å². The second-order valence-corrected chi connectivity index (χ2v) is 9.32. The fraction of sp³-hybridized carbons (Fsp3) is 0.323. The molecule has 192 valence electrons. The maximum absolute atomic E-state index is 13.1. The summed E-state index contributed by atoms with van der Waals surface area (Å²) in [5, 5.41) is 3.03. The van der Waals surface area contributed by atoms with Crippen LogP contribution in [0.15, 0.2) is 78.9 Å². The van der Waals surface area contributed by atoms with Crippen molar-refractivity contribution in [2.75, 3.05) is 19.6 Å². The van der Waals surface area contributed by atoms with Crippen LogP contribution in [0.1, 0.15) is 38.1 Å². The van der Waals surface area contributed by atoms with Gasteiger partial charge in [-0.15, -0.1) is 0 Å². The molecule has 4 aromatic rings. The molecule has 1 heterocycles. The Labute approximate surface area is 219 Å². The predicted octanol–water partition coefficient (Wildman–Crippen LogP) is 5.25. The van der Waals surface area contributed by atoms with Crippen LogP contribution in [-0.2, 0) is 29.0 Å². The average molecular weight is 497 g/mol. The summed E-state index contributed by atoms with van der Waals surface area (Å²) in [5.41, 5.74) is 5.08. The van der Waals surface area contributed by atoms with Gasteiger partial charge < -0.3 is 14.8 Å². The van der Waals surface area contributed by atoms with Gasteiger partial charge in [0.05, 0.1) is 17.5 Å². The van der Waals surface area contributed by atoms with Gasteiger partial charge in [-0.3, -0.25) is 9.59 Å². The van der Waals surface area contributed by atoms with Crippen molar-refractivity contribution in [2.24, 2.45) is 0 Å². The van der Waals surface area contributed by atoms with E-state index in [4.69, 9.17) is 4.98 Å². The average Bonchev–Trinajstić information content (AvgIpc) is 3.26. The Balaban J connectivity index is 1.37. The molecule has 6 heteroatoms. The summed E-state index contributed by atoms with van der Waals surface area (Å²) in [7, 11) is 0. The number of nitrogens with one attached hydrogen (secondary N) is 1. The highest BCUT2D eigenvalue weighted by molar-refractivity contribution is 5.81. The smallest absolute Gasteiger partial charge is 0.242 e. The number of para-hydroxylation sites is 2. The van der Waals surface area contributed by atoms with Crippen molar-refractivity contribution in [1.29, 1.82) is 0 Å². The van der Waals surface area contributed by atoms with Gasteiger partial charge in [0.15, 0.2) is 0 Å². The van der Waals surface area contributed by atoms with E-state index in [1.165, 1.54) is 0 Å². The quantitative estimate of drug-likeness (QED) is 0.291. The van der Waals surface area contributed by atoms with Crippen LogP contribution in [0.3, 0.4) is 0 Å². The van der Waals surface area contributed by atoms with E-state index in [1.54, 1.807) is 0 Å². The lowest BCUT2D eigenvalue weighted by Gasteiger charge is -2.22. The zero-order chi connectivity index (χ0) is 26.0. The first-order valence-corrected chi connectivity index (χ1v) is 13.2. The number of imidazole rings is 1. The molecule has 4 rings (SSSR count). The zero-order valence-corrected chi connectivity index (χ0v) is 21.8. The Hall–Kier alpha value is -3.93. The van der Waals surface area contributed by atoms with Crippen LogP contribution in [-0.4, -0.2) is 45.9 Å². The topological polar surface area (TPSA) is 67.2 Å². The van der Waals surface area contributed by atoms with Gasteiger partial charge in [-0.05, 0) is 41.7 Å². The number of amides is 2. The second-order valence-electron chi connectivity index (χ2n) is 9.32. The first-order chi connectivity index (χ1) is 18.1.